The number of nitrogens with one attached hydrogen (secondary N) is 2. The number of aromatic nitrogens is 2. The molecule has 2 aromatic rings. The summed E-state index contributed by atoms with van der Waals surface area (Å²) in [5.41, 5.74) is 1.74. The highest BCUT2D eigenvalue weighted by molar-refractivity contribution is 5.96. The molecule has 0 bridgehead atoms. The fourth-order valence-corrected chi connectivity index (χ4v) is 1.56. The molecule has 0 unspecified atom stereocenters. The first-order chi connectivity index (χ1) is 8.29. The number of H-pyrrole nitrogens is 1. The molecule has 0 aliphatic carbocycles. The van der Waals surface area contributed by atoms with E-state index in [0.717, 1.165) is 17.1 Å². The molecule has 1 heterocycles. The summed E-state index contributed by atoms with van der Waals surface area (Å²) in [5.74, 6) is 1.06. The molecule has 0 fully saturated rings. The second-order valence-corrected chi connectivity index (χ2v) is 3.74. The number of hydrogen-bond donors (Lipinski definition) is 2. The van der Waals surface area contributed by atoms with E-state index in [4.69, 9.17) is 0 Å². The predicted octanol–water partition coefficient (Wildman–Crippen LogP) is 2.61. The lowest BCUT2D eigenvalue weighted by Gasteiger charge is -2.05. The Labute approximate surface area is 100 Å². The summed E-state index contributed by atoms with van der Waals surface area (Å²) >= 11 is 0. The molecule has 4 nitrogen and oxygen atoms in total. The normalized spacial score (nSPS) is 10.2. The lowest BCUT2D eigenvalue weighted by Crippen LogP contribution is -2.02. The van der Waals surface area contributed by atoms with Crippen LogP contribution in [0.1, 0.15) is 29.5 Å². The van der Waals surface area contributed by atoms with Crippen LogP contribution in [-0.4, -0.2) is 15.8 Å². The van der Waals surface area contributed by atoms with Crippen molar-refractivity contribution in [1.82, 2.24) is 9.97 Å². The highest BCUT2D eigenvalue weighted by Crippen LogP contribution is 2.11. The Morgan fingerprint density at radius 2 is 2.12 bits per heavy atom. The molecule has 0 aliphatic rings. The van der Waals surface area contributed by atoms with Gasteiger partial charge < -0.3 is 10.3 Å². The first-order valence-corrected chi connectivity index (χ1v) is 5.65. The number of ketones is 1. The van der Waals surface area contributed by atoms with Gasteiger partial charge in [-0.2, -0.15) is 0 Å². The highest BCUT2D eigenvalue weighted by atomic mass is 16.1. The number of nitrogens with zero attached hydrogens (tertiary/aromatic N) is 1. The van der Waals surface area contributed by atoms with Crippen LogP contribution in [0.4, 0.5) is 5.69 Å². The van der Waals surface area contributed by atoms with E-state index < -0.39 is 0 Å². The molecular formula is C13H15N3O. The van der Waals surface area contributed by atoms with Crippen LogP contribution in [0.15, 0.2) is 36.7 Å². The Morgan fingerprint density at radius 1 is 1.35 bits per heavy atom. The second-order valence-electron chi connectivity index (χ2n) is 3.74. The second kappa shape index (κ2) is 5.30. The number of anilines is 1. The Bertz CT molecular complexity index is 474. The molecular weight excluding hydrogens is 214 g/mol. The van der Waals surface area contributed by atoms with Crippen molar-refractivity contribution in [2.75, 3.05) is 5.32 Å². The number of hydrogen-bond acceptors (Lipinski definition) is 3. The molecule has 0 amide bonds. The van der Waals surface area contributed by atoms with Crippen LogP contribution < -0.4 is 5.32 Å². The van der Waals surface area contributed by atoms with E-state index in [1.165, 1.54) is 0 Å². The molecule has 2 rings (SSSR count). The SMILES string of the molecule is CCC(=O)c1ccc(NCc2ncc[nH]2)cc1. The Balaban J connectivity index is 1.96. The van der Waals surface area contributed by atoms with Gasteiger partial charge in [-0.05, 0) is 24.3 Å². The molecule has 1 aromatic heterocycles. The third-order valence-electron chi connectivity index (χ3n) is 2.54. The number of carbonyl (C=O) groups is 1. The van der Waals surface area contributed by atoms with Crippen molar-refractivity contribution in [3.63, 3.8) is 0 Å². The Hall–Kier alpha value is -2.10. The monoisotopic (exact) mass is 229 g/mol. The Morgan fingerprint density at radius 3 is 2.71 bits per heavy atom. The zero-order chi connectivity index (χ0) is 12.1. The van der Waals surface area contributed by atoms with Crippen molar-refractivity contribution in [3.05, 3.63) is 48.0 Å². The molecule has 88 valence electrons. The topological polar surface area (TPSA) is 57.8 Å². The van der Waals surface area contributed by atoms with Crippen LogP contribution in [0.5, 0.6) is 0 Å². The summed E-state index contributed by atoms with van der Waals surface area (Å²) < 4.78 is 0. The minimum atomic E-state index is 0.169. The minimum absolute atomic E-state index is 0.169. The van der Waals surface area contributed by atoms with Gasteiger partial charge in [-0.25, -0.2) is 4.98 Å². The fraction of sp³-hybridized carbons (Fsp3) is 0.231. The van der Waals surface area contributed by atoms with Crippen molar-refractivity contribution in [2.45, 2.75) is 19.9 Å². The molecule has 17 heavy (non-hydrogen) atoms. The van der Waals surface area contributed by atoms with Crippen molar-refractivity contribution < 1.29 is 4.79 Å². The number of rotatable bonds is 5. The minimum Gasteiger partial charge on any atom is -0.378 e. The van der Waals surface area contributed by atoms with Gasteiger partial charge in [0, 0.05) is 30.1 Å². The number of imidazole rings is 1. The van der Waals surface area contributed by atoms with Crippen LogP contribution >= 0.6 is 0 Å². The largest absolute Gasteiger partial charge is 0.378 e. The zero-order valence-corrected chi connectivity index (χ0v) is 9.73. The summed E-state index contributed by atoms with van der Waals surface area (Å²) in [5, 5.41) is 3.23. The summed E-state index contributed by atoms with van der Waals surface area (Å²) in [4.78, 5) is 18.6. The van der Waals surface area contributed by atoms with Crippen LogP contribution in [0.3, 0.4) is 0 Å². The van der Waals surface area contributed by atoms with Gasteiger partial charge in [0.1, 0.15) is 5.82 Å². The molecule has 0 spiro atoms. The van der Waals surface area contributed by atoms with Gasteiger partial charge in [0.15, 0.2) is 5.78 Å². The van der Waals surface area contributed by atoms with Gasteiger partial charge in [-0.3, -0.25) is 4.79 Å². The Kier molecular flexibility index (Phi) is 3.55. The standard InChI is InChI=1S/C13H15N3O/c1-2-12(17)10-3-5-11(6-4-10)16-9-13-14-7-8-15-13/h3-8,16H,2,9H2,1H3,(H,14,15). The van der Waals surface area contributed by atoms with Gasteiger partial charge >= 0.3 is 0 Å². The van der Waals surface area contributed by atoms with Crippen LogP contribution in [-0.2, 0) is 6.54 Å². The molecule has 0 atom stereocenters. The maximum atomic E-state index is 11.4. The van der Waals surface area contributed by atoms with Crippen molar-refractivity contribution in [1.29, 1.82) is 0 Å². The van der Waals surface area contributed by atoms with Crippen LogP contribution in [0, 0.1) is 0 Å². The maximum Gasteiger partial charge on any atom is 0.162 e. The summed E-state index contributed by atoms with van der Waals surface area (Å²) in [6, 6.07) is 7.50. The first kappa shape index (κ1) is 11.4. The van der Waals surface area contributed by atoms with Crippen LogP contribution in [0.2, 0.25) is 0 Å². The van der Waals surface area contributed by atoms with Gasteiger partial charge in [-0.1, -0.05) is 6.92 Å². The van der Waals surface area contributed by atoms with Crippen molar-refractivity contribution in [2.24, 2.45) is 0 Å². The molecule has 0 saturated heterocycles. The van der Waals surface area contributed by atoms with E-state index in [9.17, 15) is 4.79 Å². The fourth-order valence-electron chi connectivity index (χ4n) is 1.56. The lowest BCUT2D eigenvalue weighted by molar-refractivity contribution is 0.0988. The number of Topliss-reactive ketones (excluding diaryl/α,β-unsaturated/α-hetero) is 1. The van der Waals surface area contributed by atoms with E-state index in [1.54, 1.807) is 12.4 Å². The molecule has 2 N–H and O–H groups in total. The first-order valence-electron chi connectivity index (χ1n) is 5.65. The van der Waals surface area contributed by atoms with E-state index in [0.29, 0.717) is 13.0 Å². The van der Waals surface area contributed by atoms with Crippen molar-refractivity contribution >= 4 is 11.5 Å². The highest BCUT2D eigenvalue weighted by Gasteiger charge is 2.02. The third-order valence-corrected chi connectivity index (χ3v) is 2.54. The smallest absolute Gasteiger partial charge is 0.162 e. The summed E-state index contributed by atoms with van der Waals surface area (Å²) in [6.45, 7) is 2.51. The van der Waals surface area contributed by atoms with E-state index >= 15 is 0 Å². The average molecular weight is 229 g/mol. The molecule has 0 aliphatic heterocycles. The van der Waals surface area contributed by atoms with Gasteiger partial charge in [-0.15, -0.1) is 0 Å². The number of carbonyl (C=O) groups excluding carboxylic acids is 1. The molecule has 0 saturated carbocycles. The lowest BCUT2D eigenvalue weighted by atomic mass is 10.1. The average Bonchev–Trinajstić information content (AvgIpc) is 2.89. The van der Waals surface area contributed by atoms with Gasteiger partial charge in [0.05, 0.1) is 6.54 Å². The molecule has 0 radical (unpaired) electrons. The zero-order valence-electron chi connectivity index (χ0n) is 9.73. The predicted molar refractivity (Wildman–Crippen MR) is 67.0 cm³/mol. The molecule has 1 aromatic carbocycles. The van der Waals surface area contributed by atoms with Crippen LogP contribution in [0.25, 0.3) is 0 Å². The number of aromatic amines is 1. The summed E-state index contributed by atoms with van der Waals surface area (Å²) in [7, 11) is 0. The van der Waals surface area contributed by atoms with E-state index in [-0.39, 0.29) is 5.78 Å². The maximum absolute atomic E-state index is 11.4. The quantitative estimate of drug-likeness (QED) is 0.775. The van der Waals surface area contributed by atoms with Gasteiger partial charge in [0.25, 0.3) is 0 Å². The number of benzene rings is 1. The summed E-state index contributed by atoms with van der Waals surface area (Å²) in [6.07, 6.45) is 4.05. The van der Waals surface area contributed by atoms with Gasteiger partial charge in [0.2, 0.25) is 0 Å². The van der Waals surface area contributed by atoms with E-state index in [2.05, 4.69) is 15.3 Å². The van der Waals surface area contributed by atoms with Crippen molar-refractivity contribution in [3.8, 4) is 0 Å². The third kappa shape index (κ3) is 2.93. The molecule has 4 heteroatoms. The van der Waals surface area contributed by atoms with E-state index in [1.807, 2.05) is 31.2 Å².